The number of rotatable bonds is 2. The van der Waals surface area contributed by atoms with E-state index in [9.17, 15) is 18.0 Å². The van der Waals surface area contributed by atoms with Gasteiger partial charge >= 0.3 is 6.03 Å². The SMILES string of the molecule is O=C(Nc1ccc(F)c(F)c1F)NC1CCCCC1. The van der Waals surface area contributed by atoms with Crippen molar-refractivity contribution in [2.45, 2.75) is 38.1 Å². The van der Waals surface area contributed by atoms with Crippen molar-refractivity contribution in [3.8, 4) is 0 Å². The Labute approximate surface area is 109 Å². The molecule has 19 heavy (non-hydrogen) atoms. The first-order valence-electron chi connectivity index (χ1n) is 6.29. The molecule has 2 N–H and O–H groups in total. The van der Waals surface area contributed by atoms with Crippen LogP contribution in [0.4, 0.5) is 23.7 Å². The topological polar surface area (TPSA) is 41.1 Å². The molecule has 2 rings (SSSR count). The summed E-state index contributed by atoms with van der Waals surface area (Å²) in [6.07, 6.45) is 5.01. The van der Waals surface area contributed by atoms with Crippen LogP contribution in [0.1, 0.15) is 32.1 Å². The minimum Gasteiger partial charge on any atom is -0.335 e. The predicted molar refractivity (Wildman–Crippen MR) is 65.3 cm³/mol. The fourth-order valence-electron chi connectivity index (χ4n) is 2.21. The van der Waals surface area contributed by atoms with Crippen molar-refractivity contribution < 1.29 is 18.0 Å². The van der Waals surface area contributed by atoms with E-state index in [-0.39, 0.29) is 11.7 Å². The number of halogens is 3. The third-order valence-electron chi connectivity index (χ3n) is 3.22. The lowest BCUT2D eigenvalue weighted by Gasteiger charge is -2.22. The maximum Gasteiger partial charge on any atom is 0.319 e. The molecule has 1 fully saturated rings. The molecule has 104 valence electrons. The number of carbonyl (C=O) groups excluding carboxylic acids is 1. The van der Waals surface area contributed by atoms with E-state index < -0.39 is 23.5 Å². The average Bonchev–Trinajstić information content (AvgIpc) is 2.41. The van der Waals surface area contributed by atoms with Gasteiger partial charge in [0.25, 0.3) is 0 Å². The minimum absolute atomic E-state index is 0.0575. The minimum atomic E-state index is -1.59. The standard InChI is InChI=1S/C13H15F3N2O/c14-9-6-7-10(12(16)11(9)15)18-13(19)17-8-4-2-1-3-5-8/h6-8H,1-5H2,(H2,17,18,19). The summed E-state index contributed by atoms with van der Waals surface area (Å²) in [6, 6.07) is 1.22. The second kappa shape index (κ2) is 5.95. The Hall–Kier alpha value is -1.72. The van der Waals surface area contributed by atoms with Crippen molar-refractivity contribution >= 4 is 11.7 Å². The molecule has 0 saturated heterocycles. The average molecular weight is 272 g/mol. The Bertz CT molecular complexity index is 473. The van der Waals surface area contributed by atoms with E-state index in [0.717, 1.165) is 44.2 Å². The molecule has 1 aliphatic rings. The van der Waals surface area contributed by atoms with E-state index in [4.69, 9.17) is 0 Å². The molecule has 0 heterocycles. The summed E-state index contributed by atoms with van der Waals surface area (Å²) in [5.41, 5.74) is -0.368. The van der Waals surface area contributed by atoms with Crippen LogP contribution in [0.15, 0.2) is 12.1 Å². The van der Waals surface area contributed by atoms with E-state index in [0.29, 0.717) is 0 Å². The second-order valence-electron chi connectivity index (χ2n) is 4.66. The highest BCUT2D eigenvalue weighted by Crippen LogP contribution is 2.20. The molecule has 0 spiro atoms. The first-order valence-corrected chi connectivity index (χ1v) is 6.29. The number of benzene rings is 1. The molecule has 1 aromatic rings. The molecule has 1 aromatic carbocycles. The Morgan fingerprint density at radius 3 is 2.42 bits per heavy atom. The van der Waals surface area contributed by atoms with Crippen LogP contribution in [-0.2, 0) is 0 Å². The molecule has 3 nitrogen and oxygen atoms in total. The van der Waals surface area contributed by atoms with Crippen molar-refractivity contribution in [3.63, 3.8) is 0 Å². The largest absolute Gasteiger partial charge is 0.335 e. The van der Waals surface area contributed by atoms with Gasteiger partial charge in [-0.2, -0.15) is 0 Å². The van der Waals surface area contributed by atoms with Gasteiger partial charge in [0.2, 0.25) is 0 Å². The van der Waals surface area contributed by atoms with Gasteiger partial charge in [-0.3, -0.25) is 0 Å². The van der Waals surface area contributed by atoms with Crippen LogP contribution in [-0.4, -0.2) is 12.1 Å². The summed E-state index contributed by atoms with van der Waals surface area (Å²) in [6.45, 7) is 0. The van der Waals surface area contributed by atoms with Gasteiger partial charge in [0.05, 0.1) is 5.69 Å². The summed E-state index contributed by atoms with van der Waals surface area (Å²) >= 11 is 0. The van der Waals surface area contributed by atoms with E-state index in [1.54, 1.807) is 0 Å². The van der Waals surface area contributed by atoms with Crippen LogP contribution in [0.3, 0.4) is 0 Å². The summed E-state index contributed by atoms with van der Waals surface area (Å²) in [4.78, 5) is 11.6. The van der Waals surface area contributed by atoms with Crippen molar-refractivity contribution in [1.82, 2.24) is 5.32 Å². The zero-order chi connectivity index (χ0) is 13.8. The van der Waals surface area contributed by atoms with Gasteiger partial charge < -0.3 is 10.6 Å². The third-order valence-corrected chi connectivity index (χ3v) is 3.22. The monoisotopic (exact) mass is 272 g/mol. The molecule has 2 amide bonds. The first-order chi connectivity index (χ1) is 9.08. The quantitative estimate of drug-likeness (QED) is 0.794. The Morgan fingerprint density at radius 2 is 1.74 bits per heavy atom. The van der Waals surface area contributed by atoms with E-state index >= 15 is 0 Å². The van der Waals surface area contributed by atoms with Gasteiger partial charge in [-0.25, -0.2) is 18.0 Å². The number of amides is 2. The summed E-state index contributed by atoms with van der Waals surface area (Å²) in [7, 11) is 0. The first kappa shape index (κ1) is 13.7. The van der Waals surface area contributed by atoms with Gasteiger partial charge in [-0.1, -0.05) is 19.3 Å². The fraction of sp³-hybridized carbons (Fsp3) is 0.462. The summed E-state index contributed by atoms with van der Waals surface area (Å²) in [5.74, 6) is -4.26. The van der Waals surface area contributed by atoms with Crippen LogP contribution < -0.4 is 10.6 Å². The highest BCUT2D eigenvalue weighted by Gasteiger charge is 2.18. The fourth-order valence-corrected chi connectivity index (χ4v) is 2.21. The molecule has 0 aromatic heterocycles. The van der Waals surface area contributed by atoms with Crippen LogP contribution >= 0.6 is 0 Å². The molecular weight excluding hydrogens is 257 g/mol. The lowest BCUT2D eigenvalue weighted by molar-refractivity contribution is 0.244. The zero-order valence-electron chi connectivity index (χ0n) is 10.3. The molecule has 0 aliphatic heterocycles. The smallest absolute Gasteiger partial charge is 0.319 e. The third kappa shape index (κ3) is 3.39. The van der Waals surface area contributed by atoms with Gasteiger partial charge in [-0.05, 0) is 25.0 Å². The summed E-state index contributed by atoms with van der Waals surface area (Å²) in [5, 5.41) is 4.89. The van der Waals surface area contributed by atoms with E-state index in [1.165, 1.54) is 0 Å². The normalized spacial score (nSPS) is 16.2. The Balaban J connectivity index is 1.97. The van der Waals surface area contributed by atoms with Crippen molar-refractivity contribution in [2.75, 3.05) is 5.32 Å². The molecule has 1 aliphatic carbocycles. The molecule has 0 bridgehead atoms. The molecular formula is C13H15F3N2O. The van der Waals surface area contributed by atoms with Crippen molar-refractivity contribution in [3.05, 3.63) is 29.6 Å². The zero-order valence-corrected chi connectivity index (χ0v) is 10.3. The van der Waals surface area contributed by atoms with E-state index in [2.05, 4.69) is 10.6 Å². The van der Waals surface area contributed by atoms with Crippen LogP contribution in [0.25, 0.3) is 0 Å². The number of anilines is 1. The number of hydrogen-bond donors (Lipinski definition) is 2. The number of hydrogen-bond acceptors (Lipinski definition) is 1. The van der Waals surface area contributed by atoms with Crippen LogP contribution in [0, 0.1) is 17.5 Å². The summed E-state index contributed by atoms with van der Waals surface area (Å²) < 4.78 is 39.0. The molecule has 1 saturated carbocycles. The van der Waals surface area contributed by atoms with Crippen LogP contribution in [0.5, 0.6) is 0 Å². The molecule has 0 atom stereocenters. The second-order valence-corrected chi connectivity index (χ2v) is 4.66. The molecule has 6 heteroatoms. The van der Waals surface area contributed by atoms with Gasteiger partial charge in [0, 0.05) is 6.04 Å². The maximum atomic E-state index is 13.3. The van der Waals surface area contributed by atoms with Crippen molar-refractivity contribution in [1.29, 1.82) is 0 Å². The number of carbonyl (C=O) groups is 1. The molecule has 0 radical (unpaired) electrons. The highest BCUT2D eigenvalue weighted by atomic mass is 19.2. The number of urea groups is 1. The van der Waals surface area contributed by atoms with Gasteiger partial charge in [-0.15, -0.1) is 0 Å². The lowest BCUT2D eigenvalue weighted by atomic mass is 9.96. The predicted octanol–water partition coefficient (Wildman–Crippen LogP) is 3.56. The van der Waals surface area contributed by atoms with Gasteiger partial charge in [0.1, 0.15) is 0 Å². The van der Waals surface area contributed by atoms with Crippen LogP contribution in [0.2, 0.25) is 0 Å². The highest BCUT2D eigenvalue weighted by molar-refractivity contribution is 5.89. The van der Waals surface area contributed by atoms with Gasteiger partial charge in [0.15, 0.2) is 17.5 Å². The lowest BCUT2D eigenvalue weighted by Crippen LogP contribution is -2.39. The Morgan fingerprint density at radius 1 is 1.05 bits per heavy atom. The maximum absolute atomic E-state index is 13.3. The van der Waals surface area contributed by atoms with E-state index in [1.807, 2.05) is 0 Å². The molecule has 0 unspecified atom stereocenters. The van der Waals surface area contributed by atoms with Crippen molar-refractivity contribution in [2.24, 2.45) is 0 Å². The Kier molecular flexibility index (Phi) is 4.29. The number of nitrogens with one attached hydrogen (secondary N) is 2.